The molecule has 1 rings (SSSR count). The second-order valence-electron chi connectivity index (χ2n) is 4.28. The minimum absolute atomic E-state index is 0.545. The van der Waals surface area contributed by atoms with E-state index in [2.05, 4.69) is 0 Å². The molecule has 0 aliphatic heterocycles. The predicted octanol–water partition coefficient (Wildman–Crippen LogP) is 1.81. The SMILES string of the molecule is COc1ccc([C@@H](N)C(C)(C)C(=O)O)cc1. The molecule has 0 unspecified atom stereocenters. The van der Waals surface area contributed by atoms with Crippen molar-refractivity contribution < 1.29 is 14.6 Å². The average molecular weight is 223 g/mol. The first-order valence-electron chi connectivity index (χ1n) is 5.02. The smallest absolute Gasteiger partial charge is 0.311 e. The molecule has 0 spiro atoms. The second kappa shape index (κ2) is 4.53. The van der Waals surface area contributed by atoms with Crippen LogP contribution in [-0.2, 0) is 4.79 Å². The van der Waals surface area contributed by atoms with Crippen molar-refractivity contribution in [2.45, 2.75) is 19.9 Å². The van der Waals surface area contributed by atoms with Gasteiger partial charge in [0.2, 0.25) is 0 Å². The van der Waals surface area contributed by atoms with Gasteiger partial charge in [-0.2, -0.15) is 0 Å². The number of hydrogen-bond donors (Lipinski definition) is 2. The second-order valence-corrected chi connectivity index (χ2v) is 4.28. The van der Waals surface area contributed by atoms with Gasteiger partial charge in [0.15, 0.2) is 0 Å². The van der Waals surface area contributed by atoms with Gasteiger partial charge in [0.25, 0.3) is 0 Å². The summed E-state index contributed by atoms with van der Waals surface area (Å²) in [4.78, 5) is 11.1. The summed E-state index contributed by atoms with van der Waals surface area (Å²) in [7, 11) is 1.58. The summed E-state index contributed by atoms with van der Waals surface area (Å²) in [6, 6.07) is 6.57. The standard InChI is InChI=1S/C12H17NO3/c1-12(2,11(14)15)10(13)8-4-6-9(16-3)7-5-8/h4-7,10H,13H2,1-3H3,(H,14,15)/t10-/m1/s1. The largest absolute Gasteiger partial charge is 0.497 e. The van der Waals surface area contributed by atoms with Crippen LogP contribution in [0.2, 0.25) is 0 Å². The van der Waals surface area contributed by atoms with E-state index < -0.39 is 17.4 Å². The lowest BCUT2D eigenvalue weighted by atomic mass is 9.81. The molecule has 0 bridgehead atoms. The van der Waals surface area contributed by atoms with Crippen molar-refractivity contribution in [1.29, 1.82) is 0 Å². The normalized spacial score (nSPS) is 13.2. The molecule has 0 fully saturated rings. The van der Waals surface area contributed by atoms with E-state index in [1.54, 1.807) is 45.2 Å². The Bertz CT molecular complexity index is 370. The number of hydrogen-bond acceptors (Lipinski definition) is 3. The number of nitrogens with two attached hydrogens (primary N) is 1. The Morgan fingerprint density at radius 1 is 1.38 bits per heavy atom. The van der Waals surface area contributed by atoms with Crippen LogP contribution in [-0.4, -0.2) is 18.2 Å². The number of carbonyl (C=O) groups is 1. The highest BCUT2D eigenvalue weighted by molar-refractivity contribution is 5.75. The van der Waals surface area contributed by atoms with Gasteiger partial charge in [-0.15, -0.1) is 0 Å². The van der Waals surface area contributed by atoms with Gasteiger partial charge in [0.05, 0.1) is 12.5 Å². The third kappa shape index (κ3) is 2.33. The summed E-state index contributed by atoms with van der Waals surface area (Å²) in [5.41, 5.74) is 5.74. The summed E-state index contributed by atoms with van der Waals surface area (Å²) >= 11 is 0. The first-order chi connectivity index (χ1) is 7.39. The number of rotatable bonds is 4. The van der Waals surface area contributed by atoms with E-state index >= 15 is 0 Å². The summed E-state index contributed by atoms with van der Waals surface area (Å²) in [5.74, 6) is -0.181. The molecule has 0 heterocycles. The molecular weight excluding hydrogens is 206 g/mol. The monoisotopic (exact) mass is 223 g/mol. The van der Waals surface area contributed by atoms with E-state index in [0.717, 1.165) is 11.3 Å². The lowest BCUT2D eigenvalue weighted by Gasteiger charge is -2.27. The van der Waals surface area contributed by atoms with Crippen LogP contribution in [0.1, 0.15) is 25.5 Å². The summed E-state index contributed by atoms with van der Waals surface area (Å²) in [5, 5.41) is 9.07. The van der Waals surface area contributed by atoms with Crippen LogP contribution in [0, 0.1) is 5.41 Å². The number of carboxylic acid groups (broad SMARTS) is 1. The van der Waals surface area contributed by atoms with E-state index in [9.17, 15) is 4.79 Å². The van der Waals surface area contributed by atoms with Crippen LogP contribution in [0.5, 0.6) is 5.75 Å². The van der Waals surface area contributed by atoms with Gasteiger partial charge in [-0.05, 0) is 31.5 Å². The highest BCUT2D eigenvalue weighted by atomic mass is 16.5. The van der Waals surface area contributed by atoms with Gasteiger partial charge in [0.1, 0.15) is 5.75 Å². The molecule has 0 aliphatic rings. The molecule has 4 nitrogen and oxygen atoms in total. The van der Waals surface area contributed by atoms with Crippen molar-refractivity contribution in [2.24, 2.45) is 11.1 Å². The van der Waals surface area contributed by atoms with Crippen LogP contribution < -0.4 is 10.5 Å². The van der Waals surface area contributed by atoms with Crippen LogP contribution in [0.3, 0.4) is 0 Å². The first-order valence-corrected chi connectivity index (χ1v) is 5.02. The number of carboxylic acids is 1. The summed E-state index contributed by atoms with van der Waals surface area (Å²) in [6.45, 7) is 3.23. The van der Waals surface area contributed by atoms with Crippen molar-refractivity contribution in [3.63, 3.8) is 0 Å². The minimum atomic E-state index is -0.991. The van der Waals surface area contributed by atoms with E-state index in [1.165, 1.54) is 0 Å². The molecule has 3 N–H and O–H groups in total. The van der Waals surface area contributed by atoms with E-state index in [0.29, 0.717) is 0 Å². The molecule has 16 heavy (non-hydrogen) atoms. The molecule has 0 saturated carbocycles. The van der Waals surface area contributed by atoms with Crippen molar-refractivity contribution >= 4 is 5.97 Å². The molecule has 0 amide bonds. The molecular formula is C12H17NO3. The first kappa shape index (κ1) is 12.5. The number of ether oxygens (including phenoxy) is 1. The van der Waals surface area contributed by atoms with Gasteiger partial charge in [-0.25, -0.2) is 0 Å². The molecule has 88 valence electrons. The van der Waals surface area contributed by atoms with Crippen molar-refractivity contribution in [2.75, 3.05) is 7.11 Å². The van der Waals surface area contributed by atoms with E-state index in [1.807, 2.05) is 0 Å². The molecule has 4 heteroatoms. The summed E-state index contributed by atoms with van der Waals surface area (Å²) in [6.07, 6.45) is 0. The Hall–Kier alpha value is -1.55. The molecule has 1 aromatic carbocycles. The maximum absolute atomic E-state index is 11.1. The van der Waals surface area contributed by atoms with Crippen molar-refractivity contribution in [1.82, 2.24) is 0 Å². The maximum Gasteiger partial charge on any atom is 0.311 e. The Morgan fingerprint density at radius 3 is 2.25 bits per heavy atom. The summed E-state index contributed by atoms with van der Waals surface area (Å²) < 4.78 is 5.02. The lowest BCUT2D eigenvalue weighted by Crippen LogP contribution is -2.36. The average Bonchev–Trinajstić information content (AvgIpc) is 2.28. The molecule has 0 saturated heterocycles. The highest BCUT2D eigenvalue weighted by Crippen LogP contribution is 2.32. The van der Waals surface area contributed by atoms with E-state index in [-0.39, 0.29) is 0 Å². The quantitative estimate of drug-likeness (QED) is 0.816. The van der Waals surface area contributed by atoms with Gasteiger partial charge in [-0.3, -0.25) is 4.79 Å². The molecule has 0 aliphatic carbocycles. The van der Waals surface area contributed by atoms with Crippen LogP contribution in [0.4, 0.5) is 0 Å². The van der Waals surface area contributed by atoms with Gasteiger partial charge < -0.3 is 15.6 Å². The lowest BCUT2D eigenvalue weighted by molar-refractivity contribution is -0.148. The molecule has 0 aromatic heterocycles. The number of methoxy groups -OCH3 is 1. The Kier molecular flexibility index (Phi) is 3.55. The third-order valence-electron chi connectivity index (χ3n) is 2.80. The van der Waals surface area contributed by atoms with Gasteiger partial charge in [0, 0.05) is 6.04 Å². The Labute approximate surface area is 95.0 Å². The molecule has 0 radical (unpaired) electrons. The van der Waals surface area contributed by atoms with Crippen molar-refractivity contribution in [3.05, 3.63) is 29.8 Å². The van der Waals surface area contributed by atoms with Crippen LogP contribution >= 0.6 is 0 Å². The fourth-order valence-electron chi connectivity index (χ4n) is 1.36. The van der Waals surface area contributed by atoms with Gasteiger partial charge in [-0.1, -0.05) is 12.1 Å². The number of benzene rings is 1. The number of aliphatic carboxylic acids is 1. The molecule has 1 atom stereocenters. The minimum Gasteiger partial charge on any atom is -0.497 e. The predicted molar refractivity (Wildman–Crippen MR) is 61.3 cm³/mol. The third-order valence-corrected chi connectivity index (χ3v) is 2.80. The Balaban J connectivity index is 2.96. The topological polar surface area (TPSA) is 72.5 Å². The molecule has 1 aromatic rings. The maximum atomic E-state index is 11.1. The Morgan fingerprint density at radius 2 is 1.88 bits per heavy atom. The zero-order valence-electron chi connectivity index (χ0n) is 9.73. The van der Waals surface area contributed by atoms with Crippen LogP contribution in [0.15, 0.2) is 24.3 Å². The van der Waals surface area contributed by atoms with Crippen molar-refractivity contribution in [3.8, 4) is 5.75 Å². The van der Waals surface area contributed by atoms with Crippen LogP contribution in [0.25, 0.3) is 0 Å². The van der Waals surface area contributed by atoms with E-state index in [4.69, 9.17) is 15.6 Å². The zero-order chi connectivity index (χ0) is 12.3. The zero-order valence-corrected chi connectivity index (χ0v) is 9.73. The fourth-order valence-corrected chi connectivity index (χ4v) is 1.36. The fraction of sp³-hybridized carbons (Fsp3) is 0.417. The highest BCUT2D eigenvalue weighted by Gasteiger charge is 2.35. The van der Waals surface area contributed by atoms with Gasteiger partial charge >= 0.3 is 5.97 Å².